The van der Waals surface area contributed by atoms with Crippen molar-refractivity contribution in [3.05, 3.63) is 231 Å². The number of thiophene rings is 1. The van der Waals surface area contributed by atoms with Gasteiger partial charge in [0.05, 0.1) is 38.8 Å². The average Bonchev–Trinajstić information content (AvgIpc) is 4.18. The molecule has 326 valence electrons. The SMILES string of the molecule is c1ccc(-c2nc(-c3ccccc3)nc(-c3ccc(-n4c5ccccc5c5c6c(c7ccccc7n6-c6ccccc6)c6c(c7ccccc7n6-c6ccccc6)c54)c4c3sc3ccccc34)n2)cc1. The number of para-hydroxylation sites is 5. The van der Waals surface area contributed by atoms with E-state index in [0.717, 1.165) is 65.9 Å². The standard InChI is InChI=1S/C63H38N6S/c1-5-21-39(22-6-1)61-64-62(40-23-7-2-8-24-40)66-63(65-61)47-37-38-51(53-46-32-16-20-36-52(46)70-60(47)53)69-50-35-19-15-31-45(50)56-58-54(43-29-13-17-33-48(43)67(58)41-25-9-3-10-26-41)57-55(59(56)69)44-30-14-18-34-49(44)68(57)42-27-11-4-12-28-42/h1-38H. The monoisotopic (exact) mass is 910 g/mol. The molecule has 10 aromatic carbocycles. The lowest BCUT2D eigenvalue weighted by atomic mass is 10.0. The minimum Gasteiger partial charge on any atom is -0.308 e. The molecule has 0 atom stereocenters. The predicted molar refractivity (Wildman–Crippen MR) is 292 cm³/mol. The Morgan fingerprint density at radius 2 is 0.686 bits per heavy atom. The molecule has 0 saturated carbocycles. The number of fused-ring (bicyclic) bond motifs is 15. The van der Waals surface area contributed by atoms with Crippen molar-refractivity contribution in [3.63, 3.8) is 0 Å². The van der Waals surface area contributed by atoms with Crippen LogP contribution in [0.3, 0.4) is 0 Å². The number of hydrogen-bond donors (Lipinski definition) is 0. The van der Waals surface area contributed by atoms with Crippen molar-refractivity contribution in [3.8, 4) is 51.2 Å². The Bertz CT molecular complexity index is 4440. The van der Waals surface area contributed by atoms with Crippen LogP contribution in [0.25, 0.3) is 137 Å². The molecule has 0 amide bonds. The Morgan fingerprint density at radius 3 is 1.19 bits per heavy atom. The second-order valence-electron chi connectivity index (χ2n) is 17.9. The molecule has 0 N–H and O–H groups in total. The molecule has 0 spiro atoms. The van der Waals surface area contributed by atoms with Gasteiger partial charge in [-0.05, 0) is 60.7 Å². The quantitative estimate of drug-likeness (QED) is 0.167. The van der Waals surface area contributed by atoms with E-state index >= 15 is 0 Å². The summed E-state index contributed by atoms with van der Waals surface area (Å²) in [5.74, 6) is 1.92. The normalized spacial score (nSPS) is 12.0. The van der Waals surface area contributed by atoms with Crippen LogP contribution < -0.4 is 0 Å². The number of aromatic nitrogens is 6. The summed E-state index contributed by atoms with van der Waals surface area (Å²) >= 11 is 1.80. The summed E-state index contributed by atoms with van der Waals surface area (Å²) in [6.45, 7) is 0. The van der Waals surface area contributed by atoms with E-state index in [2.05, 4.69) is 208 Å². The first-order valence-electron chi connectivity index (χ1n) is 23.6. The third kappa shape index (κ3) is 5.58. The van der Waals surface area contributed by atoms with Crippen LogP contribution in [0.1, 0.15) is 0 Å². The van der Waals surface area contributed by atoms with Gasteiger partial charge < -0.3 is 13.7 Å². The van der Waals surface area contributed by atoms with Gasteiger partial charge in [-0.1, -0.05) is 170 Å². The van der Waals surface area contributed by atoms with Crippen molar-refractivity contribution >= 4 is 96.9 Å². The first kappa shape index (κ1) is 38.9. The van der Waals surface area contributed by atoms with Crippen LogP contribution in [-0.2, 0) is 0 Å². The molecule has 5 heterocycles. The van der Waals surface area contributed by atoms with Crippen LogP contribution in [0.4, 0.5) is 0 Å². The van der Waals surface area contributed by atoms with Crippen LogP contribution in [0.2, 0.25) is 0 Å². The van der Waals surface area contributed by atoms with Gasteiger partial charge in [-0.2, -0.15) is 0 Å². The van der Waals surface area contributed by atoms with Gasteiger partial charge in [0.25, 0.3) is 0 Å². The van der Waals surface area contributed by atoms with Gasteiger partial charge in [0.15, 0.2) is 17.5 Å². The molecule has 7 heteroatoms. The Hall–Kier alpha value is -9.17. The van der Waals surface area contributed by atoms with Crippen molar-refractivity contribution in [1.29, 1.82) is 0 Å². The highest BCUT2D eigenvalue weighted by atomic mass is 32.1. The van der Waals surface area contributed by atoms with Crippen molar-refractivity contribution in [2.45, 2.75) is 0 Å². The third-order valence-electron chi connectivity index (χ3n) is 14.0. The van der Waals surface area contributed by atoms with E-state index in [1.807, 2.05) is 36.4 Å². The summed E-state index contributed by atoms with van der Waals surface area (Å²) in [5.41, 5.74) is 13.2. The van der Waals surface area contributed by atoms with Gasteiger partial charge >= 0.3 is 0 Å². The van der Waals surface area contributed by atoms with Gasteiger partial charge in [0.1, 0.15) is 0 Å². The molecule has 0 saturated heterocycles. The summed E-state index contributed by atoms with van der Waals surface area (Å²) in [7, 11) is 0. The first-order valence-corrected chi connectivity index (χ1v) is 24.4. The van der Waals surface area contributed by atoms with E-state index in [1.165, 1.54) is 53.4 Å². The zero-order valence-corrected chi connectivity index (χ0v) is 38.3. The number of nitrogens with zero attached hydrogens (tertiary/aromatic N) is 6. The Kier molecular flexibility index (Phi) is 8.43. The van der Waals surface area contributed by atoms with E-state index in [9.17, 15) is 0 Å². The van der Waals surface area contributed by atoms with E-state index in [0.29, 0.717) is 17.5 Å². The van der Waals surface area contributed by atoms with E-state index < -0.39 is 0 Å². The van der Waals surface area contributed by atoms with Crippen LogP contribution in [-0.4, -0.2) is 28.7 Å². The molecule has 0 aliphatic heterocycles. The zero-order chi connectivity index (χ0) is 45.9. The maximum atomic E-state index is 5.28. The summed E-state index contributed by atoms with van der Waals surface area (Å²) in [4.78, 5) is 15.6. The van der Waals surface area contributed by atoms with Crippen LogP contribution in [0, 0.1) is 0 Å². The minimum atomic E-state index is 0.639. The Balaban J connectivity index is 1.15. The topological polar surface area (TPSA) is 53.5 Å². The maximum absolute atomic E-state index is 5.28. The average molecular weight is 911 g/mol. The lowest BCUT2D eigenvalue weighted by Gasteiger charge is -2.15. The lowest BCUT2D eigenvalue weighted by Crippen LogP contribution is -2.01. The Labute approximate surface area is 405 Å². The van der Waals surface area contributed by atoms with Crippen LogP contribution >= 0.6 is 11.3 Å². The van der Waals surface area contributed by atoms with Crippen molar-refractivity contribution < 1.29 is 0 Å². The zero-order valence-electron chi connectivity index (χ0n) is 37.5. The molecule has 0 bridgehead atoms. The highest BCUT2D eigenvalue weighted by Crippen LogP contribution is 2.52. The van der Waals surface area contributed by atoms with Gasteiger partial charge in [0.2, 0.25) is 0 Å². The first-order chi connectivity index (χ1) is 34.8. The molecule has 0 fully saturated rings. The maximum Gasteiger partial charge on any atom is 0.165 e. The van der Waals surface area contributed by atoms with Crippen molar-refractivity contribution in [2.75, 3.05) is 0 Å². The highest BCUT2D eigenvalue weighted by Gasteiger charge is 2.30. The summed E-state index contributed by atoms with van der Waals surface area (Å²) in [6.07, 6.45) is 0. The second-order valence-corrected chi connectivity index (χ2v) is 18.9. The largest absolute Gasteiger partial charge is 0.308 e. The summed E-state index contributed by atoms with van der Waals surface area (Å²) in [6, 6.07) is 82.5. The predicted octanol–water partition coefficient (Wildman–Crippen LogP) is 16.5. The van der Waals surface area contributed by atoms with Gasteiger partial charge in [-0.3, -0.25) is 0 Å². The molecule has 0 aliphatic carbocycles. The van der Waals surface area contributed by atoms with E-state index in [-0.39, 0.29) is 0 Å². The fourth-order valence-electron chi connectivity index (χ4n) is 11.2. The molecule has 5 aromatic heterocycles. The number of hydrogen-bond acceptors (Lipinski definition) is 4. The summed E-state index contributed by atoms with van der Waals surface area (Å²) < 4.78 is 9.90. The summed E-state index contributed by atoms with van der Waals surface area (Å²) in [5, 5.41) is 9.60. The molecule has 70 heavy (non-hydrogen) atoms. The number of benzene rings is 10. The molecule has 0 radical (unpaired) electrons. The molecule has 0 unspecified atom stereocenters. The molecular formula is C63H38N6S. The van der Waals surface area contributed by atoms with Gasteiger partial charge in [-0.25, -0.2) is 15.0 Å². The van der Waals surface area contributed by atoms with E-state index in [1.54, 1.807) is 11.3 Å². The fraction of sp³-hybridized carbons (Fsp3) is 0. The molecular weight excluding hydrogens is 873 g/mol. The third-order valence-corrected chi connectivity index (χ3v) is 15.3. The van der Waals surface area contributed by atoms with E-state index in [4.69, 9.17) is 15.0 Å². The Morgan fingerprint density at radius 1 is 0.300 bits per heavy atom. The van der Waals surface area contributed by atoms with Gasteiger partial charge in [-0.15, -0.1) is 11.3 Å². The molecule has 15 aromatic rings. The molecule has 6 nitrogen and oxygen atoms in total. The van der Waals surface area contributed by atoms with Crippen molar-refractivity contribution in [2.24, 2.45) is 0 Å². The van der Waals surface area contributed by atoms with Gasteiger partial charge in [0, 0.05) is 80.6 Å². The smallest absolute Gasteiger partial charge is 0.165 e. The lowest BCUT2D eigenvalue weighted by molar-refractivity contribution is 1.08. The highest BCUT2D eigenvalue weighted by molar-refractivity contribution is 7.26. The fourth-order valence-corrected chi connectivity index (χ4v) is 12.4. The molecule has 15 rings (SSSR count). The van der Waals surface area contributed by atoms with Crippen LogP contribution in [0.5, 0.6) is 0 Å². The minimum absolute atomic E-state index is 0.639. The molecule has 0 aliphatic rings. The van der Waals surface area contributed by atoms with Crippen LogP contribution in [0.15, 0.2) is 231 Å². The second kappa shape index (κ2) is 15.2. The number of rotatable bonds is 6. The van der Waals surface area contributed by atoms with Crippen molar-refractivity contribution in [1.82, 2.24) is 28.7 Å².